The second-order valence-corrected chi connectivity index (χ2v) is 5.06. The fraction of sp³-hybridized carbons (Fsp3) is 0.176. The molecule has 0 saturated carbocycles. The van der Waals surface area contributed by atoms with E-state index in [-0.39, 0.29) is 0 Å². The van der Waals surface area contributed by atoms with E-state index in [4.69, 9.17) is 0 Å². The van der Waals surface area contributed by atoms with Crippen LogP contribution in [0.25, 0.3) is 0 Å². The molecule has 1 aromatic carbocycles. The number of nitrogens with zero attached hydrogens (tertiary/aromatic N) is 1. The smallest absolute Gasteiger partial charge is 0.0591 e. The normalized spacial score (nSPS) is 30.9. The van der Waals surface area contributed by atoms with Crippen molar-refractivity contribution in [2.45, 2.75) is 12.0 Å². The first-order valence-electron chi connectivity index (χ1n) is 6.52. The average Bonchev–Trinajstić information content (AvgIpc) is 2.48. The van der Waals surface area contributed by atoms with Gasteiger partial charge in [0.1, 0.15) is 0 Å². The molecule has 0 aromatic heterocycles. The molecule has 0 spiro atoms. The fourth-order valence-electron chi connectivity index (χ4n) is 3.33. The Morgan fingerprint density at radius 1 is 0.833 bits per heavy atom. The minimum atomic E-state index is 0.455. The molecule has 3 atom stereocenters. The first-order valence-corrected chi connectivity index (χ1v) is 6.52. The second-order valence-electron chi connectivity index (χ2n) is 5.06. The first kappa shape index (κ1) is 9.95. The van der Waals surface area contributed by atoms with Gasteiger partial charge in [-0.2, -0.15) is 0 Å². The molecule has 0 amide bonds. The lowest BCUT2D eigenvalue weighted by Gasteiger charge is -2.45. The van der Waals surface area contributed by atoms with Gasteiger partial charge in [-0.3, -0.25) is 0 Å². The van der Waals surface area contributed by atoms with E-state index in [2.05, 4.69) is 77.9 Å². The summed E-state index contributed by atoms with van der Waals surface area (Å²) in [7, 11) is 0. The van der Waals surface area contributed by atoms with Crippen molar-refractivity contribution in [1.29, 1.82) is 0 Å². The Morgan fingerprint density at radius 3 is 2.67 bits per heavy atom. The van der Waals surface area contributed by atoms with E-state index in [9.17, 15) is 0 Å². The maximum atomic E-state index is 2.40. The molecule has 2 heterocycles. The molecule has 0 radical (unpaired) electrons. The minimum Gasteiger partial charge on any atom is -0.340 e. The Morgan fingerprint density at radius 2 is 1.67 bits per heavy atom. The summed E-state index contributed by atoms with van der Waals surface area (Å²) < 4.78 is 0. The highest BCUT2D eigenvalue weighted by atomic mass is 15.2. The van der Waals surface area contributed by atoms with Gasteiger partial charge in [-0.1, -0.05) is 54.7 Å². The zero-order valence-electron chi connectivity index (χ0n) is 10.1. The average molecular weight is 233 g/mol. The predicted molar refractivity (Wildman–Crippen MR) is 75.5 cm³/mol. The van der Waals surface area contributed by atoms with Gasteiger partial charge in [0, 0.05) is 23.7 Å². The molecule has 0 bridgehead atoms. The number of hydrogen-bond donors (Lipinski definition) is 0. The van der Waals surface area contributed by atoms with E-state index < -0.39 is 0 Å². The maximum Gasteiger partial charge on any atom is 0.0591 e. The number of rotatable bonds is 0. The van der Waals surface area contributed by atoms with Crippen molar-refractivity contribution in [1.82, 2.24) is 0 Å². The second kappa shape index (κ2) is 3.74. The van der Waals surface area contributed by atoms with Crippen LogP contribution in [-0.4, -0.2) is 6.04 Å². The summed E-state index contributed by atoms with van der Waals surface area (Å²) in [5.41, 5.74) is 2.80. The van der Waals surface area contributed by atoms with Gasteiger partial charge in [-0.15, -0.1) is 0 Å². The molecule has 0 N–H and O–H groups in total. The summed E-state index contributed by atoms with van der Waals surface area (Å²) in [6.45, 7) is 0. The van der Waals surface area contributed by atoms with Crippen LogP contribution in [0.2, 0.25) is 0 Å². The van der Waals surface area contributed by atoms with Gasteiger partial charge < -0.3 is 4.90 Å². The Hall–Kier alpha value is -2.02. The van der Waals surface area contributed by atoms with Gasteiger partial charge in [-0.25, -0.2) is 0 Å². The highest BCUT2D eigenvalue weighted by Gasteiger charge is 2.37. The maximum absolute atomic E-state index is 2.40. The van der Waals surface area contributed by atoms with Gasteiger partial charge in [0.2, 0.25) is 0 Å². The number of fused-ring (bicyclic) bond motifs is 6. The molecule has 3 aliphatic rings. The van der Waals surface area contributed by atoms with Crippen molar-refractivity contribution in [2.24, 2.45) is 5.92 Å². The van der Waals surface area contributed by atoms with Crippen molar-refractivity contribution < 1.29 is 0 Å². The molecule has 1 nitrogen and oxygen atoms in total. The lowest BCUT2D eigenvalue weighted by atomic mass is 9.74. The van der Waals surface area contributed by atoms with Crippen LogP contribution in [-0.2, 0) is 0 Å². The lowest BCUT2D eigenvalue weighted by Crippen LogP contribution is -2.43. The molecular formula is C17H15N. The van der Waals surface area contributed by atoms with Crippen LogP contribution in [0.15, 0.2) is 73.0 Å². The van der Waals surface area contributed by atoms with Crippen molar-refractivity contribution in [3.8, 4) is 0 Å². The molecule has 0 fully saturated rings. The quantitative estimate of drug-likeness (QED) is 0.659. The summed E-state index contributed by atoms with van der Waals surface area (Å²) in [5, 5.41) is 0. The van der Waals surface area contributed by atoms with Crippen molar-refractivity contribution >= 4 is 5.69 Å². The third kappa shape index (κ3) is 1.28. The molecule has 0 saturated heterocycles. The minimum absolute atomic E-state index is 0.455. The summed E-state index contributed by atoms with van der Waals surface area (Å²) in [4.78, 5) is 2.40. The summed E-state index contributed by atoms with van der Waals surface area (Å²) in [6, 6.07) is 9.22. The van der Waals surface area contributed by atoms with Crippen LogP contribution in [0.1, 0.15) is 11.5 Å². The van der Waals surface area contributed by atoms with Crippen LogP contribution in [0.4, 0.5) is 5.69 Å². The summed E-state index contributed by atoms with van der Waals surface area (Å²) >= 11 is 0. The van der Waals surface area contributed by atoms with Crippen LogP contribution in [0.5, 0.6) is 0 Å². The van der Waals surface area contributed by atoms with E-state index in [1.807, 2.05) is 0 Å². The van der Waals surface area contributed by atoms with Crippen LogP contribution in [0, 0.1) is 5.92 Å². The van der Waals surface area contributed by atoms with Crippen molar-refractivity contribution in [2.75, 3.05) is 4.90 Å². The van der Waals surface area contributed by atoms with Gasteiger partial charge in [-0.05, 0) is 17.7 Å². The number of para-hydroxylation sites is 1. The lowest BCUT2D eigenvalue weighted by molar-refractivity contribution is 0.484. The Kier molecular flexibility index (Phi) is 2.07. The highest BCUT2D eigenvalue weighted by Crippen LogP contribution is 2.45. The zero-order chi connectivity index (χ0) is 11.9. The summed E-state index contributed by atoms with van der Waals surface area (Å²) in [6.07, 6.45) is 17.8. The number of anilines is 1. The molecule has 1 aliphatic carbocycles. The zero-order valence-corrected chi connectivity index (χ0v) is 10.1. The molecule has 3 unspecified atom stereocenters. The topological polar surface area (TPSA) is 3.24 Å². The molecule has 88 valence electrons. The molecule has 1 heteroatoms. The first-order chi connectivity index (χ1) is 8.95. The van der Waals surface area contributed by atoms with Gasteiger partial charge >= 0.3 is 0 Å². The number of benzene rings is 1. The standard InChI is InChI=1S/C17H15N/c1-2-8-14-13(7-1)15-9-3-4-10-16(15)18-12-6-5-11-17(14)18/h1-14,17H. The van der Waals surface area contributed by atoms with E-state index in [0.717, 1.165) is 0 Å². The highest BCUT2D eigenvalue weighted by molar-refractivity contribution is 5.64. The van der Waals surface area contributed by atoms with Gasteiger partial charge in [0.25, 0.3) is 0 Å². The SMILES string of the molecule is C1=CC2c3ccccc3N3C=CC=CC3C2C=C1. The van der Waals surface area contributed by atoms with Crippen LogP contribution in [0.3, 0.4) is 0 Å². The van der Waals surface area contributed by atoms with Crippen LogP contribution < -0.4 is 4.90 Å². The van der Waals surface area contributed by atoms with E-state index in [1.54, 1.807) is 0 Å². The monoisotopic (exact) mass is 233 g/mol. The van der Waals surface area contributed by atoms with E-state index in [0.29, 0.717) is 17.9 Å². The summed E-state index contributed by atoms with van der Waals surface area (Å²) in [5.74, 6) is 1.06. The van der Waals surface area contributed by atoms with Crippen LogP contribution >= 0.6 is 0 Å². The molecule has 1 aromatic rings. The predicted octanol–water partition coefficient (Wildman–Crippen LogP) is 3.78. The Balaban J connectivity index is 1.93. The van der Waals surface area contributed by atoms with Gasteiger partial charge in [0.15, 0.2) is 0 Å². The fourth-order valence-corrected chi connectivity index (χ4v) is 3.33. The third-order valence-corrected chi connectivity index (χ3v) is 4.13. The number of allylic oxidation sites excluding steroid dienone is 5. The molecule has 4 rings (SSSR count). The van der Waals surface area contributed by atoms with Gasteiger partial charge in [0.05, 0.1) is 6.04 Å². The third-order valence-electron chi connectivity index (χ3n) is 4.13. The Bertz CT molecular complexity index is 538. The van der Waals surface area contributed by atoms with Crippen molar-refractivity contribution in [3.63, 3.8) is 0 Å². The molecular weight excluding hydrogens is 218 g/mol. The largest absolute Gasteiger partial charge is 0.340 e. The Labute approximate surface area is 107 Å². The molecule has 2 aliphatic heterocycles. The number of hydrogen-bond acceptors (Lipinski definition) is 1. The van der Waals surface area contributed by atoms with Crippen molar-refractivity contribution in [3.05, 3.63) is 78.6 Å². The molecule has 18 heavy (non-hydrogen) atoms. The van der Waals surface area contributed by atoms with E-state index >= 15 is 0 Å². The van der Waals surface area contributed by atoms with E-state index in [1.165, 1.54) is 11.3 Å².